The molecule has 0 aliphatic rings. The first-order valence-electron chi connectivity index (χ1n) is 6.49. The van der Waals surface area contributed by atoms with Crippen LogP contribution in [-0.4, -0.2) is 19.0 Å². The molecule has 0 unspecified atom stereocenters. The standard InChI is InChI=1S/C14H10ClF3N2O4S/c15-9-4-5-12(25(22,23)24)11(7-9)20-13(21)19-10-3-1-2-8(6-10)14(16,17)18/h1-7H,(H2,19,20,21)(H,22,23,24). The van der Waals surface area contributed by atoms with Crippen LogP contribution in [0.3, 0.4) is 0 Å². The molecule has 0 saturated carbocycles. The molecular weight excluding hydrogens is 385 g/mol. The van der Waals surface area contributed by atoms with Crippen molar-refractivity contribution in [1.29, 1.82) is 0 Å². The Hall–Kier alpha value is -2.30. The van der Waals surface area contributed by atoms with Gasteiger partial charge in [0.1, 0.15) is 4.90 Å². The van der Waals surface area contributed by atoms with E-state index < -0.39 is 32.8 Å². The second-order valence-electron chi connectivity index (χ2n) is 4.77. The predicted molar refractivity (Wildman–Crippen MR) is 85.4 cm³/mol. The number of hydrogen-bond donors (Lipinski definition) is 3. The van der Waals surface area contributed by atoms with Crippen molar-refractivity contribution in [2.45, 2.75) is 11.1 Å². The van der Waals surface area contributed by atoms with Gasteiger partial charge < -0.3 is 10.6 Å². The van der Waals surface area contributed by atoms with Crippen molar-refractivity contribution in [3.63, 3.8) is 0 Å². The van der Waals surface area contributed by atoms with Crippen molar-refractivity contribution in [1.82, 2.24) is 0 Å². The van der Waals surface area contributed by atoms with Crippen LogP contribution in [0.2, 0.25) is 5.02 Å². The Labute approximate surface area is 145 Å². The Balaban J connectivity index is 2.23. The van der Waals surface area contributed by atoms with Gasteiger partial charge in [-0.05, 0) is 36.4 Å². The topological polar surface area (TPSA) is 95.5 Å². The lowest BCUT2D eigenvalue weighted by Crippen LogP contribution is -2.21. The molecule has 2 aromatic carbocycles. The van der Waals surface area contributed by atoms with Crippen LogP contribution in [-0.2, 0) is 16.3 Å². The highest BCUT2D eigenvalue weighted by molar-refractivity contribution is 7.86. The lowest BCUT2D eigenvalue weighted by molar-refractivity contribution is -0.137. The summed E-state index contributed by atoms with van der Waals surface area (Å²) in [5.74, 6) is 0. The quantitative estimate of drug-likeness (QED) is 0.678. The highest BCUT2D eigenvalue weighted by Gasteiger charge is 2.30. The number of amides is 2. The third kappa shape index (κ3) is 5.08. The molecule has 2 aromatic rings. The van der Waals surface area contributed by atoms with Gasteiger partial charge in [-0.1, -0.05) is 17.7 Å². The summed E-state index contributed by atoms with van der Waals surface area (Å²) in [5, 5.41) is 4.31. The molecule has 0 heterocycles. The van der Waals surface area contributed by atoms with E-state index >= 15 is 0 Å². The summed E-state index contributed by atoms with van der Waals surface area (Å²) >= 11 is 5.71. The molecule has 2 amide bonds. The molecule has 0 atom stereocenters. The van der Waals surface area contributed by atoms with Crippen LogP contribution in [0.25, 0.3) is 0 Å². The maximum Gasteiger partial charge on any atom is 0.416 e. The lowest BCUT2D eigenvalue weighted by Gasteiger charge is -2.12. The molecule has 6 nitrogen and oxygen atoms in total. The average Bonchev–Trinajstić information content (AvgIpc) is 2.45. The first kappa shape index (κ1) is 19.0. The molecular formula is C14H10ClF3N2O4S. The van der Waals surface area contributed by atoms with E-state index in [1.165, 1.54) is 12.1 Å². The first-order chi connectivity index (χ1) is 11.5. The minimum atomic E-state index is -4.64. The van der Waals surface area contributed by atoms with E-state index in [-0.39, 0.29) is 16.4 Å². The molecule has 2 rings (SSSR count). The number of hydrogen-bond acceptors (Lipinski definition) is 3. The Morgan fingerprint density at radius 1 is 1.08 bits per heavy atom. The van der Waals surface area contributed by atoms with Crippen molar-refractivity contribution in [3.05, 3.63) is 53.1 Å². The third-order valence-electron chi connectivity index (χ3n) is 2.92. The zero-order chi connectivity index (χ0) is 18.8. The molecule has 25 heavy (non-hydrogen) atoms. The molecule has 0 fully saturated rings. The summed E-state index contributed by atoms with van der Waals surface area (Å²) in [5.41, 5.74) is -1.46. The number of nitrogens with one attached hydrogen (secondary N) is 2. The number of carbonyl (C=O) groups excluding carboxylic acids is 1. The average molecular weight is 395 g/mol. The van der Waals surface area contributed by atoms with Crippen molar-refractivity contribution < 1.29 is 30.9 Å². The van der Waals surface area contributed by atoms with E-state index in [0.29, 0.717) is 6.07 Å². The zero-order valence-electron chi connectivity index (χ0n) is 12.1. The molecule has 3 N–H and O–H groups in total. The summed E-state index contributed by atoms with van der Waals surface area (Å²) in [6.45, 7) is 0. The molecule has 0 radical (unpaired) electrons. The van der Waals surface area contributed by atoms with E-state index in [2.05, 4.69) is 10.6 Å². The number of halogens is 4. The minimum absolute atomic E-state index is 0.0711. The monoisotopic (exact) mass is 394 g/mol. The normalized spacial score (nSPS) is 11.9. The Morgan fingerprint density at radius 2 is 1.76 bits per heavy atom. The van der Waals surface area contributed by atoms with Crippen LogP contribution in [0.4, 0.5) is 29.3 Å². The number of benzene rings is 2. The second kappa shape index (κ2) is 6.90. The van der Waals surface area contributed by atoms with Gasteiger partial charge in [0, 0.05) is 10.7 Å². The van der Waals surface area contributed by atoms with E-state index in [0.717, 1.165) is 24.3 Å². The van der Waals surface area contributed by atoms with Crippen molar-refractivity contribution >= 4 is 39.1 Å². The molecule has 0 saturated heterocycles. The SMILES string of the molecule is O=C(Nc1cccc(C(F)(F)F)c1)Nc1cc(Cl)ccc1S(=O)(=O)O. The fourth-order valence-corrected chi connectivity index (χ4v) is 2.68. The molecule has 0 spiro atoms. The maximum absolute atomic E-state index is 12.6. The van der Waals surface area contributed by atoms with Crippen molar-refractivity contribution in [2.75, 3.05) is 10.6 Å². The van der Waals surface area contributed by atoms with Gasteiger partial charge >= 0.3 is 12.2 Å². The smallest absolute Gasteiger partial charge is 0.308 e. The van der Waals surface area contributed by atoms with Crippen LogP contribution in [0, 0.1) is 0 Å². The predicted octanol–water partition coefficient (Wildman–Crippen LogP) is 4.25. The van der Waals surface area contributed by atoms with Crippen LogP contribution >= 0.6 is 11.6 Å². The lowest BCUT2D eigenvalue weighted by atomic mass is 10.2. The number of carbonyl (C=O) groups is 1. The van der Waals surface area contributed by atoms with E-state index in [9.17, 15) is 26.4 Å². The summed E-state index contributed by atoms with van der Waals surface area (Å²) in [6.07, 6.45) is -4.58. The van der Waals surface area contributed by atoms with E-state index in [1.807, 2.05) is 0 Å². The Morgan fingerprint density at radius 3 is 2.36 bits per heavy atom. The van der Waals surface area contributed by atoms with Crippen LogP contribution in [0.1, 0.15) is 5.56 Å². The van der Waals surface area contributed by atoms with Gasteiger partial charge in [-0.2, -0.15) is 21.6 Å². The fraction of sp³-hybridized carbons (Fsp3) is 0.0714. The summed E-state index contributed by atoms with van der Waals surface area (Å²) < 4.78 is 69.6. The molecule has 0 aliphatic heterocycles. The highest BCUT2D eigenvalue weighted by atomic mass is 35.5. The number of alkyl halides is 3. The fourth-order valence-electron chi connectivity index (χ4n) is 1.88. The van der Waals surface area contributed by atoms with Gasteiger partial charge in [0.05, 0.1) is 11.3 Å². The van der Waals surface area contributed by atoms with Gasteiger partial charge in [0.2, 0.25) is 0 Å². The first-order valence-corrected chi connectivity index (χ1v) is 8.31. The van der Waals surface area contributed by atoms with Crippen molar-refractivity contribution in [2.24, 2.45) is 0 Å². The zero-order valence-corrected chi connectivity index (χ0v) is 13.7. The summed E-state index contributed by atoms with van der Waals surface area (Å²) in [7, 11) is -4.64. The van der Waals surface area contributed by atoms with Crippen molar-refractivity contribution in [3.8, 4) is 0 Å². The van der Waals surface area contributed by atoms with Gasteiger partial charge in [0.25, 0.3) is 10.1 Å². The maximum atomic E-state index is 12.6. The number of urea groups is 1. The summed E-state index contributed by atoms with van der Waals surface area (Å²) in [6, 6.07) is 6.05. The van der Waals surface area contributed by atoms with Gasteiger partial charge in [0.15, 0.2) is 0 Å². The van der Waals surface area contributed by atoms with Gasteiger partial charge in [-0.15, -0.1) is 0 Å². The molecule has 0 bridgehead atoms. The van der Waals surface area contributed by atoms with E-state index in [4.69, 9.17) is 16.2 Å². The second-order valence-corrected chi connectivity index (χ2v) is 6.60. The van der Waals surface area contributed by atoms with Gasteiger partial charge in [-0.3, -0.25) is 4.55 Å². The highest BCUT2D eigenvalue weighted by Crippen LogP contribution is 2.31. The van der Waals surface area contributed by atoms with Crippen LogP contribution in [0.15, 0.2) is 47.4 Å². The molecule has 11 heteroatoms. The minimum Gasteiger partial charge on any atom is -0.308 e. The van der Waals surface area contributed by atoms with Gasteiger partial charge in [-0.25, -0.2) is 4.79 Å². The summed E-state index contributed by atoms with van der Waals surface area (Å²) in [4.78, 5) is 11.3. The number of anilines is 2. The van der Waals surface area contributed by atoms with Crippen LogP contribution in [0.5, 0.6) is 0 Å². The van der Waals surface area contributed by atoms with E-state index in [1.54, 1.807) is 0 Å². The largest absolute Gasteiger partial charge is 0.416 e. The molecule has 134 valence electrons. The molecule has 0 aliphatic carbocycles. The molecule has 0 aromatic heterocycles. The Kier molecular flexibility index (Phi) is 5.26. The third-order valence-corrected chi connectivity index (χ3v) is 4.06. The Bertz CT molecular complexity index is 917. The van der Waals surface area contributed by atoms with Crippen LogP contribution < -0.4 is 10.6 Å². The number of rotatable bonds is 3.